The number of nitrogens with one attached hydrogen (secondary N) is 3. The van der Waals surface area contributed by atoms with Crippen LogP contribution in [0, 0.1) is 0 Å². The molecule has 3 N–H and O–H groups in total. The Labute approximate surface area is 145 Å². The van der Waals surface area contributed by atoms with Crippen LogP contribution in [0.25, 0.3) is 0 Å². The number of anilines is 1. The van der Waals surface area contributed by atoms with Crippen LogP contribution >= 0.6 is 12.4 Å². The second-order valence-electron chi connectivity index (χ2n) is 6.19. The highest BCUT2D eigenvalue weighted by atomic mass is 35.5. The van der Waals surface area contributed by atoms with Crippen LogP contribution in [0.2, 0.25) is 0 Å². The molecule has 1 fully saturated rings. The van der Waals surface area contributed by atoms with Gasteiger partial charge >= 0.3 is 0 Å². The van der Waals surface area contributed by atoms with Gasteiger partial charge in [0.15, 0.2) is 0 Å². The molecule has 24 heavy (non-hydrogen) atoms. The molecule has 2 aliphatic rings. The van der Waals surface area contributed by atoms with Crippen LogP contribution in [0.15, 0.2) is 18.2 Å². The second kappa shape index (κ2) is 7.03. The molecule has 0 aromatic heterocycles. The van der Waals surface area contributed by atoms with Gasteiger partial charge in [-0.2, -0.15) is 0 Å². The highest BCUT2D eigenvalue weighted by Gasteiger charge is 2.42. The highest BCUT2D eigenvalue weighted by Crippen LogP contribution is 2.27. The Balaban J connectivity index is 0.00000208. The molecule has 8 heteroatoms. The van der Waals surface area contributed by atoms with Crippen molar-refractivity contribution in [1.29, 1.82) is 0 Å². The average molecular weight is 360 g/mol. The first-order valence-corrected chi connectivity index (χ1v) is 7.68. The van der Waals surface area contributed by atoms with Gasteiger partial charge in [0.1, 0.15) is 0 Å². The summed E-state index contributed by atoms with van der Waals surface area (Å²) in [7, 11) is 0. The molecule has 1 saturated heterocycles. The van der Waals surface area contributed by atoms with E-state index in [-0.39, 0.29) is 24.4 Å². The van der Waals surface area contributed by atoms with E-state index in [9.17, 15) is 18.4 Å². The fraction of sp³-hybridized carbons (Fsp3) is 0.500. The Morgan fingerprint density at radius 3 is 2.79 bits per heavy atom. The van der Waals surface area contributed by atoms with Gasteiger partial charge in [-0.05, 0) is 30.5 Å². The predicted molar refractivity (Wildman–Crippen MR) is 88.6 cm³/mol. The van der Waals surface area contributed by atoms with Gasteiger partial charge in [-0.15, -0.1) is 12.4 Å². The number of carbonyl (C=O) groups is 2. The van der Waals surface area contributed by atoms with E-state index >= 15 is 0 Å². The van der Waals surface area contributed by atoms with Crippen LogP contribution in [0.5, 0.6) is 0 Å². The molecule has 0 saturated carbocycles. The van der Waals surface area contributed by atoms with Gasteiger partial charge in [0.25, 0.3) is 5.92 Å². The maximum atomic E-state index is 13.2. The largest absolute Gasteiger partial charge is 0.348 e. The van der Waals surface area contributed by atoms with Gasteiger partial charge in [0.2, 0.25) is 11.8 Å². The van der Waals surface area contributed by atoms with Gasteiger partial charge in [-0.1, -0.05) is 12.1 Å². The molecule has 2 atom stereocenters. The van der Waals surface area contributed by atoms with Crippen molar-refractivity contribution >= 4 is 29.9 Å². The molecule has 2 aliphatic heterocycles. The van der Waals surface area contributed by atoms with Crippen LogP contribution in [0.1, 0.15) is 36.9 Å². The average Bonchev–Trinajstić information content (AvgIpc) is 2.87. The lowest BCUT2D eigenvalue weighted by Gasteiger charge is -2.21. The number of amides is 2. The molecule has 2 heterocycles. The Hall–Kier alpha value is -1.73. The molecule has 0 radical (unpaired) electrons. The van der Waals surface area contributed by atoms with Crippen molar-refractivity contribution in [3.8, 4) is 0 Å². The standard InChI is InChI=1S/C16H19F2N3O2.ClH/c1-9(20-15(23)13-7-16(17,18)8-19-13)10-2-4-12-11(6-10)3-5-14(22)21-12;/h2,4,6,9,13,19H,3,5,7-8H2,1H3,(H,20,23)(H,21,22);1H. The number of aryl methyl sites for hydroxylation is 1. The van der Waals surface area contributed by atoms with E-state index in [1.807, 2.05) is 25.1 Å². The number of carbonyl (C=O) groups excluding carboxylic acids is 2. The van der Waals surface area contributed by atoms with Gasteiger partial charge in [0, 0.05) is 18.5 Å². The molecular weight excluding hydrogens is 340 g/mol. The lowest BCUT2D eigenvalue weighted by atomic mass is 9.97. The van der Waals surface area contributed by atoms with Gasteiger partial charge in [-0.3, -0.25) is 14.9 Å². The van der Waals surface area contributed by atoms with Gasteiger partial charge < -0.3 is 10.6 Å². The zero-order valence-corrected chi connectivity index (χ0v) is 14.0. The Bertz CT molecular complexity index is 654. The molecule has 3 rings (SSSR count). The summed E-state index contributed by atoms with van der Waals surface area (Å²) in [5.74, 6) is -3.24. The lowest BCUT2D eigenvalue weighted by Crippen LogP contribution is -2.41. The van der Waals surface area contributed by atoms with Crippen molar-refractivity contribution in [3.05, 3.63) is 29.3 Å². The molecule has 0 aliphatic carbocycles. The molecule has 0 bridgehead atoms. The molecule has 1 aromatic carbocycles. The van der Waals surface area contributed by atoms with E-state index in [2.05, 4.69) is 16.0 Å². The minimum atomic E-state index is -2.82. The number of halogens is 3. The maximum Gasteiger partial charge on any atom is 0.262 e. The summed E-state index contributed by atoms with van der Waals surface area (Å²) in [6.45, 7) is 1.35. The summed E-state index contributed by atoms with van der Waals surface area (Å²) < 4.78 is 26.3. The monoisotopic (exact) mass is 359 g/mol. The summed E-state index contributed by atoms with van der Waals surface area (Å²) in [6, 6.07) is 4.43. The number of rotatable bonds is 3. The molecule has 2 amide bonds. The topological polar surface area (TPSA) is 70.2 Å². The van der Waals surface area contributed by atoms with Crippen molar-refractivity contribution in [2.45, 2.75) is 44.2 Å². The fourth-order valence-electron chi connectivity index (χ4n) is 2.97. The first kappa shape index (κ1) is 18.6. The number of alkyl halides is 2. The number of hydrogen-bond acceptors (Lipinski definition) is 3. The van der Waals surface area contributed by atoms with Crippen LogP contribution in [-0.4, -0.2) is 30.3 Å². The Morgan fingerprint density at radius 2 is 2.12 bits per heavy atom. The molecular formula is C16H20ClF2N3O2. The van der Waals surface area contributed by atoms with Crippen LogP contribution < -0.4 is 16.0 Å². The molecule has 1 aromatic rings. The van der Waals surface area contributed by atoms with E-state index in [4.69, 9.17) is 0 Å². The summed E-state index contributed by atoms with van der Waals surface area (Å²) in [4.78, 5) is 23.4. The molecule has 132 valence electrons. The van der Waals surface area contributed by atoms with Crippen LogP contribution in [-0.2, 0) is 16.0 Å². The Kier molecular flexibility index (Phi) is 5.45. The van der Waals surface area contributed by atoms with Crippen molar-refractivity contribution in [2.24, 2.45) is 0 Å². The van der Waals surface area contributed by atoms with Crippen LogP contribution in [0.4, 0.5) is 14.5 Å². The zero-order valence-electron chi connectivity index (χ0n) is 13.2. The van der Waals surface area contributed by atoms with E-state index in [1.54, 1.807) is 0 Å². The normalized spacial score (nSPS) is 22.8. The van der Waals surface area contributed by atoms with Crippen molar-refractivity contribution in [1.82, 2.24) is 10.6 Å². The lowest BCUT2D eigenvalue weighted by molar-refractivity contribution is -0.124. The number of fused-ring (bicyclic) bond motifs is 1. The third-order valence-corrected chi connectivity index (χ3v) is 4.31. The summed E-state index contributed by atoms with van der Waals surface area (Å²) in [5, 5.41) is 8.12. The molecule has 2 unspecified atom stereocenters. The SMILES string of the molecule is CC(NC(=O)C1CC(F)(F)CN1)c1ccc2c(c1)CCC(=O)N2.Cl. The van der Waals surface area contributed by atoms with Crippen molar-refractivity contribution < 1.29 is 18.4 Å². The quantitative estimate of drug-likeness (QED) is 0.774. The summed E-state index contributed by atoms with van der Waals surface area (Å²) >= 11 is 0. The first-order chi connectivity index (χ1) is 10.8. The first-order valence-electron chi connectivity index (χ1n) is 7.68. The summed E-state index contributed by atoms with van der Waals surface area (Å²) in [6.07, 6.45) is 0.631. The molecule has 5 nitrogen and oxygen atoms in total. The van der Waals surface area contributed by atoms with Crippen molar-refractivity contribution in [3.63, 3.8) is 0 Å². The van der Waals surface area contributed by atoms with Gasteiger partial charge in [0.05, 0.1) is 18.6 Å². The van der Waals surface area contributed by atoms with E-state index in [0.717, 1.165) is 16.8 Å². The van der Waals surface area contributed by atoms with Crippen molar-refractivity contribution in [2.75, 3.05) is 11.9 Å². The van der Waals surface area contributed by atoms with E-state index in [1.165, 1.54) is 0 Å². The highest BCUT2D eigenvalue weighted by molar-refractivity contribution is 5.94. The predicted octanol–water partition coefficient (Wildman–Crippen LogP) is 2.17. The maximum absolute atomic E-state index is 13.2. The fourth-order valence-corrected chi connectivity index (χ4v) is 2.97. The minimum Gasteiger partial charge on any atom is -0.348 e. The molecule has 0 spiro atoms. The van der Waals surface area contributed by atoms with E-state index in [0.29, 0.717) is 12.8 Å². The summed E-state index contributed by atoms with van der Waals surface area (Å²) in [5.41, 5.74) is 2.70. The smallest absolute Gasteiger partial charge is 0.262 e. The zero-order chi connectivity index (χ0) is 16.6. The van der Waals surface area contributed by atoms with Crippen LogP contribution in [0.3, 0.4) is 0 Å². The minimum absolute atomic E-state index is 0. The third kappa shape index (κ3) is 4.02. The number of benzene rings is 1. The number of hydrogen-bond donors (Lipinski definition) is 3. The third-order valence-electron chi connectivity index (χ3n) is 4.31. The Morgan fingerprint density at radius 1 is 1.38 bits per heavy atom. The van der Waals surface area contributed by atoms with E-state index < -0.39 is 30.8 Å². The second-order valence-corrected chi connectivity index (χ2v) is 6.19. The van der Waals surface area contributed by atoms with Gasteiger partial charge in [-0.25, -0.2) is 8.78 Å².